The van der Waals surface area contributed by atoms with Crippen LogP contribution in [0.4, 0.5) is 10.2 Å². The lowest BCUT2D eigenvalue weighted by atomic mass is 9.98. The minimum Gasteiger partial charge on any atom is -0.464 e. The number of halogens is 1. The molecule has 6 atom stereocenters. The molecule has 13 nitrogen and oxygen atoms in total. The molecule has 0 saturated carbocycles. The van der Waals surface area contributed by atoms with Crippen LogP contribution in [0.25, 0.3) is 21.9 Å². The number of fused-ring (bicyclic) bond motifs is 2. The number of aliphatic hydroxyl groups excluding tert-OH is 1. The minimum absolute atomic E-state index is 0.134. The molecule has 0 amide bonds. The summed E-state index contributed by atoms with van der Waals surface area (Å²) >= 11 is 0. The van der Waals surface area contributed by atoms with Crippen molar-refractivity contribution in [3.8, 4) is 5.75 Å². The summed E-state index contributed by atoms with van der Waals surface area (Å²) in [6, 6.07) is 11.4. The number of nitrogens with zero attached hydrogens (tertiary/aromatic N) is 4. The van der Waals surface area contributed by atoms with Crippen LogP contribution in [0.2, 0.25) is 0 Å². The fraction of sp³-hybridized carbons (Fsp3) is 0.484. The first-order chi connectivity index (χ1) is 21.6. The Kier molecular flexibility index (Phi) is 9.40. The van der Waals surface area contributed by atoms with Gasteiger partial charge in [-0.15, -0.1) is 0 Å². The molecule has 3 N–H and O–H groups in total. The Labute approximate surface area is 266 Å². The molecule has 2 aromatic heterocycles. The quantitative estimate of drug-likeness (QED) is 0.145. The van der Waals surface area contributed by atoms with Crippen LogP contribution in [0.3, 0.4) is 0 Å². The van der Waals surface area contributed by atoms with E-state index in [1.165, 1.54) is 24.7 Å². The number of ether oxygens (including phenoxy) is 2. The van der Waals surface area contributed by atoms with Crippen molar-refractivity contribution >= 4 is 41.5 Å². The van der Waals surface area contributed by atoms with Gasteiger partial charge in [-0.2, -0.15) is 5.09 Å². The molecule has 15 heteroatoms. The third-order valence-electron chi connectivity index (χ3n) is 7.47. The monoisotopic (exact) mass is 658 g/mol. The Morgan fingerprint density at radius 1 is 1.22 bits per heavy atom. The van der Waals surface area contributed by atoms with Crippen LogP contribution in [-0.4, -0.2) is 74.8 Å². The molecule has 0 spiro atoms. The maximum atomic E-state index is 16.2. The highest BCUT2D eigenvalue weighted by Crippen LogP contribution is 2.49. The first kappa shape index (κ1) is 33.7. The molecular weight excluding hydrogens is 618 g/mol. The van der Waals surface area contributed by atoms with Crippen LogP contribution < -0.4 is 14.9 Å². The summed E-state index contributed by atoms with van der Waals surface area (Å²) in [5, 5.41) is 18.1. The first-order valence-corrected chi connectivity index (χ1v) is 16.4. The van der Waals surface area contributed by atoms with Gasteiger partial charge >= 0.3 is 13.7 Å². The number of anilines is 1. The number of imidazole rings is 1. The normalized spacial score (nSPS) is 23.7. The van der Waals surface area contributed by atoms with E-state index in [0.717, 1.165) is 5.39 Å². The fourth-order valence-electron chi connectivity index (χ4n) is 5.09. The zero-order chi connectivity index (χ0) is 33.4. The van der Waals surface area contributed by atoms with Crippen molar-refractivity contribution in [2.45, 2.75) is 71.7 Å². The van der Waals surface area contributed by atoms with E-state index in [0.29, 0.717) is 28.2 Å². The number of carbonyl (C=O) groups excluding carboxylic acids is 1. The van der Waals surface area contributed by atoms with Crippen LogP contribution in [0, 0.1) is 12.3 Å². The molecule has 46 heavy (non-hydrogen) atoms. The molecular formula is C31H40FN6O7P. The number of esters is 1. The largest absolute Gasteiger partial charge is 0.464 e. The van der Waals surface area contributed by atoms with E-state index in [4.69, 9.17) is 18.5 Å². The Bertz CT molecular complexity index is 1770. The lowest BCUT2D eigenvalue weighted by molar-refractivity contribution is -0.148. The zero-order valence-electron chi connectivity index (χ0n) is 26.9. The maximum Gasteiger partial charge on any atom is 0.459 e. The smallest absolute Gasteiger partial charge is 0.459 e. The molecule has 3 heterocycles. The van der Waals surface area contributed by atoms with Gasteiger partial charge in [-0.1, -0.05) is 57.2 Å². The molecule has 2 aromatic carbocycles. The van der Waals surface area contributed by atoms with Gasteiger partial charge < -0.3 is 24.4 Å². The lowest BCUT2D eigenvalue weighted by Crippen LogP contribution is -2.41. The maximum absolute atomic E-state index is 16.2. The Hall–Kier alpha value is -3.68. The summed E-state index contributed by atoms with van der Waals surface area (Å²) in [7, 11) is -2.71. The van der Waals surface area contributed by atoms with Gasteiger partial charge in [-0.05, 0) is 37.6 Å². The van der Waals surface area contributed by atoms with E-state index in [2.05, 4.69) is 25.4 Å². The topological polar surface area (TPSA) is 159 Å². The van der Waals surface area contributed by atoms with Gasteiger partial charge in [0.05, 0.1) is 19.5 Å². The van der Waals surface area contributed by atoms with E-state index < -0.39 is 50.5 Å². The molecule has 0 bridgehead atoms. The molecule has 1 unspecified atom stereocenters. The minimum atomic E-state index is -4.39. The third kappa shape index (κ3) is 7.01. The summed E-state index contributed by atoms with van der Waals surface area (Å²) < 4.78 is 55.1. The highest BCUT2D eigenvalue weighted by atomic mass is 31.2. The van der Waals surface area contributed by atoms with Crippen molar-refractivity contribution in [2.24, 2.45) is 5.41 Å². The molecule has 1 aliphatic rings. The molecule has 4 aromatic rings. The van der Waals surface area contributed by atoms with Crippen LogP contribution in [0.15, 0.2) is 48.8 Å². The van der Waals surface area contributed by atoms with Gasteiger partial charge in [-0.25, -0.2) is 23.9 Å². The van der Waals surface area contributed by atoms with Crippen molar-refractivity contribution in [2.75, 3.05) is 25.6 Å². The summed E-state index contributed by atoms with van der Waals surface area (Å²) in [5.41, 5.74) is -1.93. The summed E-state index contributed by atoms with van der Waals surface area (Å²) in [6.45, 7) is 9.66. The SMILES string of the molecule is CNc1nc(C)nc2c1ncn2[C@@H]1O[C@H](COP(=O)(N[C@@H](C)C(=O)OCC(C)(C)C)Oc2cccc3ccccc23)[C@@H](O)[C@@]1(C)F. The highest BCUT2D eigenvalue weighted by Gasteiger charge is 2.56. The van der Waals surface area contributed by atoms with Crippen LogP contribution >= 0.6 is 7.75 Å². The second-order valence-corrected chi connectivity index (χ2v) is 14.4. The number of carbonyl (C=O) groups is 1. The molecule has 5 rings (SSSR count). The molecule has 248 valence electrons. The first-order valence-electron chi connectivity index (χ1n) is 14.9. The second kappa shape index (κ2) is 12.8. The highest BCUT2D eigenvalue weighted by molar-refractivity contribution is 7.52. The molecule has 1 aliphatic heterocycles. The number of benzene rings is 2. The van der Waals surface area contributed by atoms with Crippen molar-refractivity contribution in [3.05, 3.63) is 54.6 Å². The van der Waals surface area contributed by atoms with Crippen LogP contribution in [0.1, 0.15) is 46.7 Å². The zero-order valence-corrected chi connectivity index (χ0v) is 27.7. The number of rotatable bonds is 11. The standard InChI is InChI=1S/C31H40FN6O7P/c1-18(28(40)42-16-30(3,4)5)37-46(41,45-22-14-10-12-20-11-8-9-13-21(20)22)43-15-23-25(39)31(6,32)29(44-23)38-17-34-24-26(33-7)35-19(2)36-27(24)38/h8-14,17-18,23,25,29,39H,15-16H2,1-7H3,(H,37,41)(H,33,35,36)/t18-,23+,25+,29+,31+,46?/m0/s1. The number of aromatic nitrogens is 4. The number of hydrogen-bond acceptors (Lipinski definition) is 11. The summed E-state index contributed by atoms with van der Waals surface area (Å²) in [4.78, 5) is 25.9. The van der Waals surface area contributed by atoms with E-state index in [-0.39, 0.29) is 17.8 Å². The number of hydrogen-bond donors (Lipinski definition) is 3. The Morgan fingerprint density at radius 2 is 1.93 bits per heavy atom. The van der Waals surface area contributed by atoms with Crippen LogP contribution in [0.5, 0.6) is 5.75 Å². The molecule has 0 radical (unpaired) electrons. The number of aliphatic hydroxyl groups is 1. The fourth-order valence-corrected chi connectivity index (χ4v) is 6.61. The number of alkyl halides is 1. The predicted octanol–water partition coefficient (Wildman–Crippen LogP) is 5.09. The van der Waals surface area contributed by atoms with Gasteiger partial charge in [0.2, 0.25) is 0 Å². The number of nitrogens with one attached hydrogen (secondary N) is 2. The van der Waals surface area contributed by atoms with Crippen molar-refractivity contribution in [3.63, 3.8) is 0 Å². The second-order valence-electron chi connectivity index (χ2n) is 12.7. The van der Waals surface area contributed by atoms with E-state index >= 15 is 4.39 Å². The van der Waals surface area contributed by atoms with Crippen LogP contribution in [-0.2, 0) is 23.4 Å². The van der Waals surface area contributed by atoms with E-state index in [1.54, 1.807) is 38.2 Å². The van der Waals surface area contributed by atoms with E-state index in [1.807, 2.05) is 39.0 Å². The van der Waals surface area contributed by atoms with Gasteiger partial charge in [0.25, 0.3) is 0 Å². The van der Waals surface area contributed by atoms with Gasteiger partial charge in [0.1, 0.15) is 29.8 Å². The average molecular weight is 659 g/mol. The van der Waals surface area contributed by atoms with Gasteiger partial charge in [-0.3, -0.25) is 13.9 Å². The molecule has 1 saturated heterocycles. The lowest BCUT2D eigenvalue weighted by Gasteiger charge is -2.26. The van der Waals surface area contributed by atoms with Gasteiger partial charge in [0.15, 0.2) is 28.9 Å². The number of aryl methyl sites for hydroxylation is 1. The summed E-state index contributed by atoms with van der Waals surface area (Å²) in [6.07, 6.45) is -3.00. The molecule has 1 fully saturated rings. The van der Waals surface area contributed by atoms with Crippen molar-refractivity contribution in [1.29, 1.82) is 0 Å². The average Bonchev–Trinajstić information content (AvgIpc) is 3.51. The van der Waals surface area contributed by atoms with E-state index in [9.17, 15) is 14.5 Å². The molecule has 0 aliphatic carbocycles. The Balaban J connectivity index is 1.40. The van der Waals surface area contributed by atoms with Crippen molar-refractivity contribution in [1.82, 2.24) is 24.6 Å². The van der Waals surface area contributed by atoms with Gasteiger partial charge in [0, 0.05) is 12.4 Å². The third-order valence-corrected chi connectivity index (χ3v) is 9.10. The summed E-state index contributed by atoms with van der Waals surface area (Å²) in [5.74, 6) is 0.433. The predicted molar refractivity (Wildman–Crippen MR) is 170 cm³/mol. The van der Waals surface area contributed by atoms with Crippen molar-refractivity contribution < 1.29 is 37.4 Å². The Morgan fingerprint density at radius 3 is 2.65 bits per heavy atom.